The number of hydrogen-bond acceptors (Lipinski definition) is 4. The van der Waals surface area contributed by atoms with Crippen LogP contribution in [0.1, 0.15) is 29.7 Å². The van der Waals surface area contributed by atoms with E-state index in [9.17, 15) is 4.39 Å². The number of hydrogen-bond donors (Lipinski definition) is 2. The lowest BCUT2D eigenvalue weighted by Gasteiger charge is -2.21. The van der Waals surface area contributed by atoms with Crippen molar-refractivity contribution in [3.8, 4) is 17.6 Å². The van der Waals surface area contributed by atoms with Crippen LogP contribution < -0.4 is 20.1 Å². The van der Waals surface area contributed by atoms with Gasteiger partial charge in [0.25, 0.3) is 0 Å². The van der Waals surface area contributed by atoms with E-state index in [1.54, 1.807) is 33.4 Å². The van der Waals surface area contributed by atoms with Gasteiger partial charge in [0.2, 0.25) is 0 Å². The zero-order valence-electron chi connectivity index (χ0n) is 15.8. The summed E-state index contributed by atoms with van der Waals surface area (Å²) in [4.78, 5) is 4.18. The second-order valence-corrected chi connectivity index (χ2v) is 5.82. The number of nitrogens with one attached hydrogen (secondary N) is 2. The van der Waals surface area contributed by atoms with Crippen LogP contribution in [-0.2, 0) is 6.54 Å². The summed E-state index contributed by atoms with van der Waals surface area (Å²) in [6.45, 7) is 2.20. The average molecular weight is 370 g/mol. The highest BCUT2D eigenvalue weighted by Crippen LogP contribution is 2.29. The molecule has 0 aliphatic carbocycles. The summed E-state index contributed by atoms with van der Waals surface area (Å²) in [5, 5.41) is 15.1. The molecule has 0 aromatic heterocycles. The minimum absolute atomic E-state index is 0.132. The number of aliphatic imine (C=N–C) groups is 1. The SMILES string of the molecule is CN=C(NCc1ccc(C#N)cc1F)NC(C)c1cc(OC)ccc1OC. The fourth-order valence-electron chi connectivity index (χ4n) is 2.59. The van der Waals surface area contributed by atoms with Gasteiger partial charge < -0.3 is 20.1 Å². The van der Waals surface area contributed by atoms with Crippen molar-refractivity contribution >= 4 is 5.96 Å². The molecular formula is C20H23FN4O2. The topological polar surface area (TPSA) is 78.7 Å². The molecule has 142 valence electrons. The fourth-order valence-corrected chi connectivity index (χ4v) is 2.59. The second-order valence-electron chi connectivity index (χ2n) is 5.82. The molecule has 1 unspecified atom stereocenters. The maximum Gasteiger partial charge on any atom is 0.191 e. The molecule has 0 radical (unpaired) electrons. The van der Waals surface area contributed by atoms with Crippen molar-refractivity contribution < 1.29 is 13.9 Å². The van der Waals surface area contributed by atoms with Gasteiger partial charge in [0.15, 0.2) is 5.96 Å². The minimum Gasteiger partial charge on any atom is -0.497 e. The summed E-state index contributed by atoms with van der Waals surface area (Å²) in [5.41, 5.74) is 1.64. The van der Waals surface area contributed by atoms with E-state index in [1.807, 2.05) is 31.2 Å². The van der Waals surface area contributed by atoms with E-state index in [4.69, 9.17) is 14.7 Å². The van der Waals surface area contributed by atoms with Gasteiger partial charge in [-0.2, -0.15) is 5.26 Å². The summed E-state index contributed by atoms with van der Waals surface area (Å²) < 4.78 is 24.7. The van der Waals surface area contributed by atoms with Crippen LogP contribution in [0.25, 0.3) is 0 Å². The summed E-state index contributed by atoms with van der Waals surface area (Å²) >= 11 is 0. The maximum absolute atomic E-state index is 14.0. The van der Waals surface area contributed by atoms with E-state index in [0.717, 1.165) is 17.1 Å². The molecule has 0 aliphatic rings. The zero-order chi connectivity index (χ0) is 19.8. The first-order valence-electron chi connectivity index (χ1n) is 8.40. The molecular weight excluding hydrogens is 347 g/mol. The van der Waals surface area contributed by atoms with Gasteiger partial charge >= 0.3 is 0 Å². The molecule has 0 fully saturated rings. The Morgan fingerprint density at radius 3 is 2.59 bits per heavy atom. The molecule has 0 saturated carbocycles. The summed E-state index contributed by atoms with van der Waals surface area (Å²) in [6, 6.07) is 11.7. The Balaban J connectivity index is 2.08. The first-order valence-corrected chi connectivity index (χ1v) is 8.40. The van der Waals surface area contributed by atoms with E-state index < -0.39 is 5.82 Å². The van der Waals surface area contributed by atoms with Crippen LogP contribution in [-0.4, -0.2) is 27.2 Å². The Kier molecular flexibility index (Phi) is 7.00. The van der Waals surface area contributed by atoms with Crippen LogP contribution in [0.4, 0.5) is 4.39 Å². The predicted molar refractivity (Wildman–Crippen MR) is 102 cm³/mol. The molecule has 7 heteroatoms. The first-order chi connectivity index (χ1) is 13.0. The van der Waals surface area contributed by atoms with Crippen molar-refractivity contribution in [3.63, 3.8) is 0 Å². The van der Waals surface area contributed by atoms with Crippen LogP contribution in [0.5, 0.6) is 11.5 Å². The molecule has 6 nitrogen and oxygen atoms in total. The molecule has 0 heterocycles. The molecule has 27 heavy (non-hydrogen) atoms. The lowest BCUT2D eigenvalue weighted by Crippen LogP contribution is -2.38. The minimum atomic E-state index is -0.431. The van der Waals surface area contributed by atoms with Crippen LogP contribution in [0.15, 0.2) is 41.4 Å². The van der Waals surface area contributed by atoms with E-state index in [-0.39, 0.29) is 18.2 Å². The standard InChI is InChI=1S/C20H23FN4O2/c1-13(17-10-16(26-3)7-8-19(17)27-4)25-20(23-2)24-12-15-6-5-14(11-22)9-18(15)21/h5-10,13H,12H2,1-4H3,(H2,23,24,25). The Morgan fingerprint density at radius 2 is 2.00 bits per heavy atom. The highest BCUT2D eigenvalue weighted by atomic mass is 19.1. The molecule has 2 N–H and O–H groups in total. The van der Waals surface area contributed by atoms with Crippen LogP contribution in [0.3, 0.4) is 0 Å². The van der Waals surface area contributed by atoms with Crippen LogP contribution in [0, 0.1) is 17.1 Å². The monoisotopic (exact) mass is 370 g/mol. The molecule has 2 aromatic rings. The number of guanidine groups is 1. The van der Waals surface area contributed by atoms with Gasteiger partial charge in [-0.15, -0.1) is 0 Å². The smallest absolute Gasteiger partial charge is 0.191 e. The van der Waals surface area contributed by atoms with Crippen molar-refractivity contribution in [3.05, 3.63) is 58.9 Å². The summed E-state index contributed by atoms with van der Waals surface area (Å²) in [5.74, 6) is 1.53. The van der Waals surface area contributed by atoms with E-state index >= 15 is 0 Å². The normalized spacial score (nSPS) is 12.1. The Bertz CT molecular complexity index is 862. The Labute approximate surface area is 158 Å². The van der Waals surface area contributed by atoms with Crippen molar-refractivity contribution in [2.45, 2.75) is 19.5 Å². The highest BCUT2D eigenvalue weighted by Gasteiger charge is 2.14. The summed E-state index contributed by atoms with van der Waals surface area (Å²) in [7, 11) is 4.86. The summed E-state index contributed by atoms with van der Waals surface area (Å²) in [6.07, 6.45) is 0. The number of halogens is 1. The van der Waals surface area contributed by atoms with Crippen LogP contribution in [0.2, 0.25) is 0 Å². The third kappa shape index (κ3) is 5.11. The number of methoxy groups -OCH3 is 2. The molecule has 2 rings (SSSR count). The molecule has 0 amide bonds. The zero-order valence-corrected chi connectivity index (χ0v) is 15.8. The number of ether oxygens (including phenoxy) is 2. The van der Waals surface area contributed by atoms with E-state index in [2.05, 4.69) is 15.6 Å². The van der Waals surface area contributed by atoms with Crippen molar-refractivity contribution in [2.75, 3.05) is 21.3 Å². The maximum atomic E-state index is 14.0. The molecule has 2 aromatic carbocycles. The van der Waals surface area contributed by atoms with Gasteiger partial charge in [-0.3, -0.25) is 4.99 Å². The fraction of sp³-hybridized carbons (Fsp3) is 0.300. The van der Waals surface area contributed by atoms with Gasteiger partial charge in [-0.05, 0) is 37.3 Å². The number of nitrogens with zero attached hydrogens (tertiary/aromatic N) is 2. The second kappa shape index (κ2) is 9.43. The number of rotatable bonds is 6. The molecule has 0 aliphatic heterocycles. The van der Waals surface area contributed by atoms with Gasteiger partial charge in [0, 0.05) is 24.7 Å². The highest BCUT2D eigenvalue weighted by molar-refractivity contribution is 5.80. The van der Waals surface area contributed by atoms with Crippen molar-refractivity contribution in [1.29, 1.82) is 5.26 Å². The van der Waals surface area contributed by atoms with E-state index in [0.29, 0.717) is 11.5 Å². The van der Waals surface area contributed by atoms with Gasteiger partial charge in [0.1, 0.15) is 17.3 Å². The van der Waals surface area contributed by atoms with E-state index in [1.165, 1.54) is 6.07 Å². The first kappa shape index (κ1) is 20.0. The van der Waals surface area contributed by atoms with Gasteiger partial charge in [-0.25, -0.2) is 4.39 Å². The molecule has 0 saturated heterocycles. The van der Waals surface area contributed by atoms with Crippen molar-refractivity contribution in [2.24, 2.45) is 4.99 Å². The van der Waals surface area contributed by atoms with Gasteiger partial charge in [-0.1, -0.05) is 6.07 Å². The molecule has 0 bridgehead atoms. The van der Waals surface area contributed by atoms with Crippen molar-refractivity contribution in [1.82, 2.24) is 10.6 Å². The quantitative estimate of drug-likeness (QED) is 0.603. The predicted octanol–water partition coefficient (Wildman–Crippen LogP) is 3.14. The third-order valence-electron chi connectivity index (χ3n) is 4.11. The molecule has 1 atom stereocenters. The number of benzene rings is 2. The average Bonchev–Trinajstić information content (AvgIpc) is 2.70. The Hall–Kier alpha value is -3.27. The lowest BCUT2D eigenvalue weighted by atomic mass is 10.1. The van der Waals surface area contributed by atoms with Gasteiger partial charge in [0.05, 0.1) is 31.9 Å². The lowest BCUT2D eigenvalue weighted by molar-refractivity contribution is 0.394. The third-order valence-corrected chi connectivity index (χ3v) is 4.11. The van der Waals surface area contributed by atoms with Crippen LogP contribution >= 0.6 is 0 Å². The largest absolute Gasteiger partial charge is 0.497 e. The Morgan fingerprint density at radius 1 is 1.22 bits per heavy atom. The number of nitriles is 1. The molecule has 0 spiro atoms.